The molecule has 0 unspecified atom stereocenters. The number of carbonyl (C=O) groups excluding carboxylic acids is 1. The Morgan fingerprint density at radius 1 is 1.12 bits per heavy atom. The minimum Gasteiger partial charge on any atom is -0.371 e. The van der Waals surface area contributed by atoms with E-state index in [0.29, 0.717) is 37.1 Å². The van der Waals surface area contributed by atoms with Crippen LogP contribution in [0.2, 0.25) is 0 Å². The Morgan fingerprint density at radius 2 is 1.88 bits per heavy atom. The van der Waals surface area contributed by atoms with E-state index in [1.165, 1.54) is 12.8 Å². The highest BCUT2D eigenvalue weighted by atomic mass is 32.2. The van der Waals surface area contributed by atoms with Gasteiger partial charge in [0, 0.05) is 25.3 Å². The molecule has 0 bridgehead atoms. The smallest absolute Gasteiger partial charge is 0.252 e. The number of hydrogen-bond donors (Lipinski definition) is 0. The molecule has 142 valence electrons. The number of fused-ring (bicyclic) bond motifs is 1. The molecule has 7 heteroatoms. The van der Waals surface area contributed by atoms with Crippen molar-refractivity contribution in [3.05, 3.63) is 23.8 Å². The SMILES string of the molecule is O=C(COCC1CC1)N1CCCc2cc(S(=O)(=O)N3CCCC3)ccc21. The number of amides is 1. The average Bonchev–Trinajstić information content (AvgIpc) is 3.29. The van der Waals surface area contributed by atoms with Crippen molar-refractivity contribution < 1.29 is 17.9 Å². The van der Waals surface area contributed by atoms with E-state index < -0.39 is 10.0 Å². The van der Waals surface area contributed by atoms with E-state index in [9.17, 15) is 13.2 Å². The van der Waals surface area contributed by atoms with Crippen LogP contribution < -0.4 is 4.90 Å². The summed E-state index contributed by atoms with van der Waals surface area (Å²) in [5.74, 6) is 0.594. The van der Waals surface area contributed by atoms with Gasteiger partial charge in [0.1, 0.15) is 6.61 Å². The first-order valence-corrected chi connectivity index (χ1v) is 11.0. The zero-order valence-corrected chi connectivity index (χ0v) is 15.8. The third-order valence-corrected chi connectivity index (χ3v) is 7.34. The van der Waals surface area contributed by atoms with Gasteiger partial charge in [0.15, 0.2) is 0 Å². The monoisotopic (exact) mass is 378 g/mol. The van der Waals surface area contributed by atoms with Crippen molar-refractivity contribution in [2.24, 2.45) is 5.92 Å². The van der Waals surface area contributed by atoms with Gasteiger partial charge in [-0.15, -0.1) is 0 Å². The van der Waals surface area contributed by atoms with E-state index >= 15 is 0 Å². The van der Waals surface area contributed by atoms with Gasteiger partial charge in [-0.05, 0) is 68.2 Å². The molecule has 1 amide bonds. The molecule has 2 heterocycles. The van der Waals surface area contributed by atoms with Gasteiger partial charge in [0.05, 0.1) is 11.5 Å². The summed E-state index contributed by atoms with van der Waals surface area (Å²) in [6.07, 6.45) is 5.89. The predicted molar refractivity (Wildman–Crippen MR) is 98.7 cm³/mol. The van der Waals surface area contributed by atoms with Crippen LogP contribution in [0.25, 0.3) is 0 Å². The number of ether oxygens (including phenoxy) is 1. The quantitative estimate of drug-likeness (QED) is 0.761. The third-order valence-electron chi connectivity index (χ3n) is 5.45. The van der Waals surface area contributed by atoms with E-state index in [1.54, 1.807) is 27.4 Å². The van der Waals surface area contributed by atoms with Crippen molar-refractivity contribution >= 4 is 21.6 Å². The van der Waals surface area contributed by atoms with Crippen molar-refractivity contribution in [3.63, 3.8) is 0 Å². The Kier molecular flexibility index (Phi) is 5.03. The summed E-state index contributed by atoms with van der Waals surface area (Å²) < 4.78 is 32.6. The van der Waals surface area contributed by atoms with E-state index in [2.05, 4.69) is 0 Å². The molecule has 0 radical (unpaired) electrons. The number of nitrogens with zero attached hydrogens (tertiary/aromatic N) is 2. The summed E-state index contributed by atoms with van der Waals surface area (Å²) in [5.41, 5.74) is 1.77. The van der Waals surface area contributed by atoms with Crippen molar-refractivity contribution in [2.75, 3.05) is 37.7 Å². The highest BCUT2D eigenvalue weighted by molar-refractivity contribution is 7.89. The number of rotatable bonds is 6. The topological polar surface area (TPSA) is 66.9 Å². The van der Waals surface area contributed by atoms with Crippen LogP contribution in [-0.2, 0) is 26.0 Å². The van der Waals surface area contributed by atoms with Crippen LogP contribution in [0, 0.1) is 5.92 Å². The van der Waals surface area contributed by atoms with Gasteiger partial charge in [-0.25, -0.2) is 8.42 Å². The Hall–Kier alpha value is -1.44. The molecule has 0 aromatic heterocycles. The number of benzene rings is 1. The molecular weight excluding hydrogens is 352 g/mol. The molecule has 1 saturated heterocycles. The molecule has 2 aliphatic heterocycles. The van der Waals surface area contributed by atoms with Gasteiger partial charge >= 0.3 is 0 Å². The molecule has 6 nitrogen and oxygen atoms in total. The number of aryl methyl sites for hydroxylation is 1. The lowest BCUT2D eigenvalue weighted by atomic mass is 10.0. The van der Waals surface area contributed by atoms with Gasteiger partial charge in [-0.2, -0.15) is 4.31 Å². The summed E-state index contributed by atoms with van der Waals surface area (Å²) in [5, 5.41) is 0. The maximum Gasteiger partial charge on any atom is 0.252 e. The fourth-order valence-electron chi connectivity index (χ4n) is 3.75. The maximum atomic E-state index is 12.8. The van der Waals surface area contributed by atoms with Gasteiger partial charge in [-0.3, -0.25) is 4.79 Å². The maximum absolute atomic E-state index is 12.8. The van der Waals surface area contributed by atoms with Gasteiger partial charge < -0.3 is 9.64 Å². The van der Waals surface area contributed by atoms with Crippen LogP contribution >= 0.6 is 0 Å². The fraction of sp³-hybridized carbons (Fsp3) is 0.632. The fourth-order valence-corrected chi connectivity index (χ4v) is 5.31. The average molecular weight is 378 g/mol. The van der Waals surface area contributed by atoms with Gasteiger partial charge in [0.25, 0.3) is 5.91 Å². The zero-order chi connectivity index (χ0) is 18.1. The van der Waals surface area contributed by atoms with Crippen molar-refractivity contribution in [3.8, 4) is 0 Å². The Morgan fingerprint density at radius 3 is 2.62 bits per heavy atom. The molecule has 0 atom stereocenters. The molecule has 4 rings (SSSR count). The lowest BCUT2D eigenvalue weighted by Gasteiger charge is -2.30. The molecular formula is C19H26N2O4S. The molecule has 3 aliphatic rings. The highest BCUT2D eigenvalue weighted by Crippen LogP contribution is 2.32. The summed E-state index contributed by atoms with van der Waals surface area (Å²) in [4.78, 5) is 14.6. The summed E-state index contributed by atoms with van der Waals surface area (Å²) in [6, 6.07) is 5.19. The van der Waals surface area contributed by atoms with Crippen LogP contribution in [0.4, 0.5) is 5.69 Å². The first kappa shape index (κ1) is 17.9. The van der Waals surface area contributed by atoms with E-state index in [1.807, 2.05) is 0 Å². The highest BCUT2D eigenvalue weighted by Gasteiger charge is 2.30. The molecule has 1 saturated carbocycles. The minimum absolute atomic E-state index is 0.0400. The lowest BCUT2D eigenvalue weighted by molar-refractivity contribution is -0.123. The largest absolute Gasteiger partial charge is 0.371 e. The molecule has 1 aliphatic carbocycles. The van der Waals surface area contributed by atoms with Gasteiger partial charge in [0.2, 0.25) is 10.0 Å². The van der Waals surface area contributed by atoms with E-state index in [4.69, 9.17) is 4.74 Å². The second kappa shape index (κ2) is 7.29. The van der Waals surface area contributed by atoms with E-state index in [-0.39, 0.29) is 12.5 Å². The van der Waals surface area contributed by atoms with Crippen LogP contribution in [0.3, 0.4) is 0 Å². The molecule has 2 fully saturated rings. The number of carbonyl (C=O) groups is 1. The molecule has 0 N–H and O–H groups in total. The van der Waals surface area contributed by atoms with Crippen LogP contribution in [0.5, 0.6) is 0 Å². The van der Waals surface area contributed by atoms with Crippen molar-refractivity contribution in [1.82, 2.24) is 4.31 Å². The van der Waals surface area contributed by atoms with Crippen LogP contribution in [0.15, 0.2) is 23.1 Å². The third kappa shape index (κ3) is 3.66. The summed E-state index contributed by atoms with van der Waals surface area (Å²) >= 11 is 0. The number of sulfonamides is 1. The summed E-state index contributed by atoms with van der Waals surface area (Å²) in [7, 11) is -3.42. The first-order chi connectivity index (χ1) is 12.6. The van der Waals surface area contributed by atoms with E-state index in [0.717, 1.165) is 36.9 Å². The zero-order valence-electron chi connectivity index (χ0n) is 15.0. The Labute approximate surface area is 155 Å². The van der Waals surface area contributed by atoms with Crippen molar-refractivity contribution in [1.29, 1.82) is 0 Å². The van der Waals surface area contributed by atoms with Gasteiger partial charge in [-0.1, -0.05) is 0 Å². The molecule has 1 aromatic carbocycles. The number of anilines is 1. The normalized spacial score (nSPS) is 21.0. The van der Waals surface area contributed by atoms with Crippen LogP contribution in [-0.4, -0.2) is 51.5 Å². The molecule has 1 aromatic rings. The number of hydrogen-bond acceptors (Lipinski definition) is 4. The summed E-state index contributed by atoms with van der Waals surface area (Å²) in [6.45, 7) is 2.63. The standard InChI is InChI=1S/C19H26N2O4S/c22-19(14-25-13-15-5-6-15)21-11-3-4-16-12-17(7-8-18(16)21)26(23,24)20-9-1-2-10-20/h7-8,12,15H,1-6,9-11,13-14H2. The molecule has 0 spiro atoms. The Bertz CT molecular complexity index is 783. The molecule has 26 heavy (non-hydrogen) atoms. The minimum atomic E-state index is -3.42. The van der Waals surface area contributed by atoms with Crippen LogP contribution in [0.1, 0.15) is 37.7 Å². The second-order valence-corrected chi connectivity index (χ2v) is 9.45. The Balaban J connectivity index is 1.50. The lowest BCUT2D eigenvalue weighted by Crippen LogP contribution is -2.38. The first-order valence-electron chi connectivity index (χ1n) is 9.57. The predicted octanol–water partition coefficient (Wildman–Crippen LogP) is 2.18. The second-order valence-electron chi connectivity index (χ2n) is 7.51. The van der Waals surface area contributed by atoms with Crippen molar-refractivity contribution in [2.45, 2.75) is 43.4 Å².